The van der Waals surface area contributed by atoms with Crippen molar-refractivity contribution in [2.75, 3.05) is 13.1 Å². The summed E-state index contributed by atoms with van der Waals surface area (Å²) in [6.45, 7) is 0.865. The van der Waals surface area contributed by atoms with Crippen LogP contribution in [0.25, 0.3) is 5.69 Å². The number of hydrogen-bond donors (Lipinski definition) is 3. The molecule has 0 bridgehead atoms. The summed E-state index contributed by atoms with van der Waals surface area (Å²) in [4.78, 5) is 25.6. The van der Waals surface area contributed by atoms with Gasteiger partial charge in [-0.2, -0.15) is 5.10 Å². The van der Waals surface area contributed by atoms with Gasteiger partial charge in [0.1, 0.15) is 0 Å². The number of para-hydroxylation sites is 1. The van der Waals surface area contributed by atoms with Gasteiger partial charge in [0, 0.05) is 18.6 Å². The fraction of sp³-hybridized carbons (Fsp3) is 0.450. The van der Waals surface area contributed by atoms with Crippen molar-refractivity contribution < 1.29 is 19.8 Å². The minimum atomic E-state index is -0.815. The molecule has 28 heavy (non-hydrogen) atoms. The summed E-state index contributed by atoms with van der Waals surface area (Å²) in [6, 6.07) is 9.40. The molecular weight excluding hydrogens is 360 g/mol. The van der Waals surface area contributed by atoms with Crippen LogP contribution < -0.4 is 5.32 Å². The molecule has 8 nitrogen and oxygen atoms in total. The molecule has 2 aliphatic rings. The summed E-state index contributed by atoms with van der Waals surface area (Å²) in [5, 5.41) is 26.3. The summed E-state index contributed by atoms with van der Waals surface area (Å²) in [5.41, 5.74) is 0.748. The maximum absolute atomic E-state index is 12.5. The van der Waals surface area contributed by atoms with Gasteiger partial charge in [-0.1, -0.05) is 18.2 Å². The van der Waals surface area contributed by atoms with Gasteiger partial charge in [0.2, 0.25) is 0 Å². The maximum atomic E-state index is 12.5. The number of rotatable bonds is 8. The molecule has 1 heterocycles. The molecule has 148 valence electrons. The Morgan fingerprint density at radius 3 is 2.57 bits per heavy atom. The second-order valence-corrected chi connectivity index (χ2v) is 7.71. The molecule has 1 amide bonds. The molecule has 2 aliphatic carbocycles. The molecule has 4 rings (SSSR count). The number of aromatic nitrogens is 2. The number of hydrogen-bond acceptors (Lipinski definition) is 5. The first-order valence-electron chi connectivity index (χ1n) is 9.60. The molecule has 2 fully saturated rings. The highest BCUT2D eigenvalue weighted by molar-refractivity contribution is 5.95. The first-order valence-corrected chi connectivity index (χ1v) is 9.60. The van der Waals surface area contributed by atoms with Crippen LogP contribution >= 0.6 is 0 Å². The van der Waals surface area contributed by atoms with Gasteiger partial charge in [0.05, 0.1) is 18.4 Å². The summed E-state index contributed by atoms with van der Waals surface area (Å²) < 4.78 is 1.47. The van der Waals surface area contributed by atoms with Crippen molar-refractivity contribution in [3.8, 4) is 11.4 Å². The number of amides is 1. The molecule has 0 radical (unpaired) electrons. The molecule has 0 spiro atoms. The molecule has 2 aromatic rings. The van der Waals surface area contributed by atoms with Gasteiger partial charge >= 0.3 is 5.97 Å². The van der Waals surface area contributed by atoms with Gasteiger partial charge < -0.3 is 15.5 Å². The molecule has 0 aliphatic heterocycles. The normalized spacial score (nSPS) is 21.3. The van der Waals surface area contributed by atoms with E-state index in [2.05, 4.69) is 10.4 Å². The fourth-order valence-corrected chi connectivity index (χ4v) is 3.65. The van der Waals surface area contributed by atoms with Crippen LogP contribution in [0.3, 0.4) is 0 Å². The van der Waals surface area contributed by atoms with E-state index in [-0.39, 0.29) is 30.1 Å². The maximum Gasteiger partial charge on any atom is 0.317 e. The fourth-order valence-electron chi connectivity index (χ4n) is 3.65. The molecule has 0 saturated heterocycles. The number of carboxylic acids is 1. The van der Waals surface area contributed by atoms with Crippen LogP contribution in [0, 0.1) is 5.92 Å². The molecule has 3 N–H and O–H groups in total. The molecule has 0 unspecified atom stereocenters. The van der Waals surface area contributed by atoms with Crippen molar-refractivity contribution in [2.45, 2.75) is 37.8 Å². The standard InChI is InChI=1S/C20H24N4O4/c25-17-11-24(15-4-2-1-3-5-15)22-19(17)20(28)21-14-8-16(9-14)23(12-18(26)27)10-13-6-7-13/h1-5,11,13-14,16,25H,6-10,12H2,(H,21,28)(H,26,27). The monoisotopic (exact) mass is 384 g/mol. The minimum Gasteiger partial charge on any atom is -0.504 e. The van der Waals surface area contributed by atoms with Crippen molar-refractivity contribution in [1.29, 1.82) is 0 Å². The minimum absolute atomic E-state index is 0.00678. The summed E-state index contributed by atoms with van der Waals surface area (Å²) in [7, 11) is 0. The second-order valence-electron chi connectivity index (χ2n) is 7.71. The van der Waals surface area contributed by atoms with E-state index in [1.165, 1.54) is 23.7 Å². The zero-order valence-electron chi connectivity index (χ0n) is 15.5. The molecule has 1 aromatic carbocycles. The van der Waals surface area contributed by atoms with E-state index in [9.17, 15) is 14.7 Å². The number of carbonyl (C=O) groups excluding carboxylic acids is 1. The highest BCUT2D eigenvalue weighted by Crippen LogP contribution is 2.34. The number of nitrogens with zero attached hydrogens (tertiary/aromatic N) is 3. The number of aromatic hydroxyl groups is 1. The van der Waals surface area contributed by atoms with Crippen molar-refractivity contribution >= 4 is 11.9 Å². The van der Waals surface area contributed by atoms with Gasteiger partial charge in [0.15, 0.2) is 11.4 Å². The van der Waals surface area contributed by atoms with E-state index in [4.69, 9.17) is 5.11 Å². The Hall–Kier alpha value is -2.87. The van der Waals surface area contributed by atoms with E-state index < -0.39 is 11.9 Å². The number of carbonyl (C=O) groups is 2. The van der Waals surface area contributed by atoms with Crippen LogP contribution in [-0.2, 0) is 4.79 Å². The van der Waals surface area contributed by atoms with Crippen LogP contribution in [0.4, 0.5) is 0 Å². The Labute approximate surface area is 162 Å². The third kappa shape index (κ3) is 4.17. The molecular formula is C20H24N4O4. The van der Waals surface area contributed by atoms with Crippen LogP contribution in [0.15, 0.2) is 36.5 Å². The topological polar surface area (TPSA) is 108 Å². The molecule has 1 aromatic heterocycles. The Morgan fingerprint density at radius 2 is 1.93 bits per heavy atom. The Bertz CT molecular complexity index is 856. The predicted molar refractivity (Wildman–Crippen MR) is 101 cm³/mol. The first kappa shape index (κ1) is 18.5. The SMILES string of the molecule is O=C(O)CN(CC1CC1)C1CC(NC(=O)c2nn(-c3ccccc3)cc2O)C1. The lowest BCUT2D eigenvalue weighted by atomic mass is 9.85. The molecule has 2 saturated carbocycles. The second kappa shape index (κ2) is 7.63. The van der Waals surface area contributed by atoms with Crippen LogP contribution in [0.1, 0.15) is 36.2 Å². The van der Waals surface area contributed by atoms with E-state index in [0.29, 0.717) is 18.8 Å². The van der Waals surface area contributed by atoms with E-state index in [0.717, 1.165) is 12.2 Å². The largest absolute Gasteiger partial charge is 0.504 e. The van der Waals surface area contributed by atoms with Gasteiger partial charge in [-0.25, -0.2) is 4.68 Å². The zero-order chi connectivity index (χ0) is 19.7. The quantitative estimate of drug-likeness (QED) is 0.639. The Morgan fingerprint density at radius 1 is 1.21 bits per heavy atom. The average Bonchev–Trinajstić information content (AvgIpc) is 3.36. The number of carboxylic acid groups (broad SMARTS) is 1. The van der Waals surface area contributed by atoms with Crippen molar-refractivity contribution in [3.63, 3.8) is 0 Å². The van der Waals surface area contributed by atoms with Gasteiger partial charge in [-0.05, 0) is 43.7 Å². The lowest BCUT2D eigenvalue weighted by molar-refractivity contribution is -0.139. The summed E-state index contributed by atoms with van der Waals surface area (Å²) in [5.74, 6) is -0.780. The predicted octanol–water partition coefficient (Wildman–Crippen LogP) is 1.64. The van der Waals surface area contributed by atoms with Crippen LogP contribution in [-0.4, -0.2) is 61.9 Å². The lowest BCUT2D eigenvalue weighted by Gasteiger charge is -2.42. The first-order chi connectivity index (χ1) is 13.5. The van der Waals surface area contributed by atoms with Gasteiger partial charge in [-0.3, -0.25) is 14.5 Å². The number of aliphatic carboxylic acids is 1. The summed E-state index contributed by atoms with van der Waals surface area (Å²) >= 11 is 0. The third-order valence-corrected chi connectivity index (χ3v) is 5.42. The highest BCUT2D eigenvalue weighted by atomic mass is 16.4. The highest BCUT2D eigenvalue weighted by Gasteiger charge is 2.38. The Balaban J connectivity index is 1.34. The summed E-state index contributed by atoms with van der Waals surface area (Å²) in [6.07, 6.45) is 5.19. The number of benzene rings is 1. The van der Waals surface area contributed by atoms with E-state index in [1.54, 1.807) is 0 Å². The molecule has 0 atom stereocenters. The molecule has 8 heteroatoms. The van der Waals surface area contributed by atoms with Crippen molar-refractivity contribution in [3.05, 3.63) is 42.2 Å². The van der Waals surface area contributed by atoms with Gasteiger partial charge in [-0.15, -0.1) is 0 Å². The lowest BCUT2D eigenvalue weighted by Crippen LogP contribution is -2.55. The third-order valence-electron chi connectivity index (χ3n) is 5.42. The average molecular weight is 384 g/mol. The van der Waals surface area contributed by atoms with E-state index in [1.807, 2.05) is 35.2 Å². The van der Waals surface area contributed by atoms with Crippen molar-refractivity contribution in [1.82, 2.24) is 20.0 Å². The van der Waals surface area contributed by atoms with Crippen LogP contribution in [0.5, 0.6) is 5.75 Å². The van der Waals surface area contributed by atoms with Crippen LogP contribution in [0.2, 0.25) is 0 Å². The zero-order valence-corrected chi connectivity index (χ0v) is 15.5. The number of nitrogens with one attached hydrogen (secondary N) is 1. The Kier molecular flexibility index (Phi) is 5.04. The van der Waals surface area contributed by atoms with E-state index >= 15 is 0 Å². The van der Waals surface area contributed by atoms with Crippen molar-refractivity contribution in [2.24, 2.45) is 5.92 Å². The smallest absolute Gasteiger partial charge is 0.317 e. The van der Waals surface area contributed by atoms with Gasteiger partial charge in [0.25, 0.3) is 5.91 Å².